The minimum atomic E-state index is -1.58. The molecule has 0 atom stereocenters. The van der Waals surface area contributed by atoms with Crippen LogP contribution in [-0.4, -0.2) is 22.0 Å². The Morgan fingerprint density at radius 1 is 1.40 bits per heavy atom. The van der Waals surface area contributed by atoms with Crippen LogP contribution in [0.4, 0.5) is 0 Å². The number of aliphatic carboxylic acids is 1. The molecule has 0 aliphatic heterocycles. The third kappa shape index (κ3) is 3.09. The number of carboxylic acid groups (broad SMARTS) is 1. The standard InChI is InChI=1S/C5H5ClO4/c6-2-3(7)1-4(8)5(9)10/h2,7H,1H2,(H,9,10). The summed E-state index contributed by atoms with van der Waals surface area (Å²) in [6.07, 6.45) is -0.557. The van der Waals surface area contributed by atoms with E-state index in [1.54, 1.807) is 0 Å². The Morgan fingerprint density at radius 2 is 1.90 bits per heavy atom. The van der Waals surface area contributed by atoms with E-state index in [0.717, 1.165) is 5.54 Å². The number of Topliss-reactive ketones (excluding diaryl/α,β-unsaturated/α-hetero) is 1. The molecule has 0 radical (unpaired) electrons. The number of rotatable bonds is 3. The fourth-order valence-electron chi connectivity index (χ4n) is 0.279. The molecule has 0 aliphatic carbocycles. The summed E-state index contributed by atoms with van der Waals surface area (Å²) < 4.78 is 0. The van der Waals surface area contributed by atoms with Gasteiger partial charge >= 0.3 is 5.97 Å². The number of halogens is 1. The van der Waals surface area contributed by atoms with E-state index in [-0.39, 0.29) is 0 Å². The summed E-state index contributed by atoms with van der Waals surface area (Å²) in [6.45, 7) is 0. The molecule has 0 saturated carbocycles. The van der Waals surface area contributed by atoms with Crippen molar-refractivity contribution in [2.45, 2.75) is 6.42 Å². The van der Waals surface area contributed by atoms with Crippen molar-refractivity contribution in [3.63, 3.8) is 0 Å². The van der Waals surface area contributed by atoms with Gasteiger partial charge in [-0.15, -0.1) is 0 Å². The van der Waals surface area contributed by atoms with Gasteiger partial charge in [-0.2, -0.15) is 0 Å². The molecule has 0 aromatic heterocycles. The molecule has 0 amide bonds. The summed E-state index contributed by atoms with van der Waals surface area (Å²) in [6, 6.07) is 0. The number of carbonyl (C=O) groups is 2. The summed E-state index contributed by atoms with van der Waals surface area (Å²) in [5.41, 5.74) is 0.751. The topological polar surface area (TPSA) is 74.6 Å². The highest BCUT2D eigenvalue weighted by molar-refractivity contribution is 6.33. The van der Waals surface area contributed by atoms with E-state index >= 15 is 0 Å². The SMILES string of the molecule is O=C(O)C(=O)CC(O)=CCl. The van der Waals surface area contributed by atoms with Crippen molar-refractivity contribution in [3.8, 4) is 0 Å². The van der Waals surface area contributed by atoms with Crippen molar-refractivity contribution >= 4 is 23.4 Å². The van der Waals surface area contributed by atoms with Crippen molar-refractivity contribution in [1.29, 1.82) is 0 Å². The second kappa shape index (κ2) is 3.90. The van der Waals surface area contributed by atoms with E-state index in [4.69, 9.17) is 21.8 Å². The summed E-state index contributed by atoms with van der Waals surface area (Å²) >= 11 is 4.94. The zero-order valence-electron chi connectivity index (χ0n) is 4.87. The quantitative estimate of drug-likeness (QED) is 0.475. The van der Waals surface area contributed by atoms with E-state index in [9.17, 15) is 9.59 Å². The number of hydrogen-bond donors (Lipinski definition) is 2. The van der Waals surface area contributed by atoms with E-state index in [2.05, 4.69) is 0 Å². The monoisotopic (exact) mass is 164 g/mol. The lowest BCUT2D eigenvalue weighted by Gasteiger charge is -1.91. The molecule has 4 nitrogen and oxygen atoms in total. The Kier molecular flexibility index (Phi) is 3.49. The lowest BCUT2D eigenvalue weighted by molar-refractivity contribution is -0.149. The van der Waals surface area contributed by atoms with Crippen LogP contribution < -0.4 is 0 Å². The maximum Gasteiger partial charge on any atom is 0.372 e. The Morgan fingerprint density at radius 3 is 2.20 bits per heavy atom. The zero-order chi connectivity index (χ0) is 8.15. The minimum absolute atomic E-state index is 0.450. The second-order valence-electron chi connectivity index (χ2n) is 1.51. The van der Waals surface area contributed by atoms with Crippen LogP contribution in [0.1, 0.15) is 6.42 Å². The highest BCUT2D eigenvalue weighted by Crippen LogP contribution is 1.98. The number of hydrogen-bond acceptors (Lipinski definition) is 3. The maximum atomic E-state index is 10.3. The van der Waals surface area contributed by atoms with E-state index in [0.29, 0.717) is 0 Å². The second-order valence-corrected chi connectivity index (χ2v) is 1.72. The Balaban J connectivity index is 3.93. The molecule has 0 aromatic rings. The lowest BCUT2D eigenvalue weighted by Crippen LogP contribution is -2.12. The number of carboxylic acids is 1. The molecule has 0 unspecified atom stereocenters. The smallest absolute Gasteiger partial charge is 0.372 e. The average molecular weight is 165 g/mol. The highest BCUT2D eigenvalue weighted by Gasteiger charge is 2.12. The van der Waals surface area contributed by atoms with Crippen LogP contribution in [0.15, 0.2) is 11.3 Å². The third-order valence-corrected chi connectivity index (χ3v) is 0.958. The maximum absolute atomic E-state index is 10.3. The van der Waals surface area contributed by atoms with Gasteiger partial charge in [0.15, 0.2) is 0 Å². The van der Waals surface area contributed by atoms with Crippen LogP contribution >= 0.6 is 11.6 Å². The van der Waals surface area contributed by atoms with Gasteiger partial charge in [-0.1, -0.05) is 11.6 Å². The molecule has 0 saturated heterocycles. The minimum Gasteiger partial charge on any atom is -0.511 e. The predicted molar refractivity (Wildman–Crippen MR) is 33.8 cm³/mol. The Labute approximate surface area is 61.7 Å². The first-order valence-electron chi connectivity index (χ1n) is 2.32. The third-order valence-electron chi connectivity index (χ3n) is 0.706. The molecule has 0 aliphatic rings. The number of aliphatic hydroxyl groups is 1. The van der Waals surface area contributed by atoms with Gasteiger partial charge in [0.1, 0.15) is 5.76 Å². The zero-order valence-corrected chi connectivity index (χ0v) is 5.63. The number of allylic oxidation sites excluding steroid dienone is 1. The Bertz CT molecular complexity index is 184. The van der Waals surface area contributed by atoms with Crippen molar-refractivity contribution in [2.75, 3.05) is 0 Å². The van der Waals surface area contributed by atoms with Crippen LogP contribution in [0.3, 0.4) is 0 Å². The van der Waals surface area contributed by atoms with Crippen LogP contribution in [0.5, 0.6) is 0 Å². The van der Waals surface area contributed by atoms with Crippen molar-refractivity contribution in [1.82, 2.24) is 0 Å². The summed E-state index contributed by atoms with van der Waals surface area (Å²) in [5.74, 6) is -3.12. The lowest BCUT2D eigenvalue weighted by atomic mass is 10.3. The Hall–Kier alpha value is -1.03. The molecule has 5 heteroatoms. The van der Waals surface area contributed by atoms with Crippen LogP contribution in [0.25, 0.3) is 0 Å². The molecule has 0 spiro atoms. The molecule has 0 fully saturated rings. The van der Waals surface area contributed by atoms with E-state index in [1.807, 2.05) is 0 Å². The summed E-state index contributed by atoms with van der Waals surface area (Å²) in [4.78, 5) is 20.1. The van der Waals surface area contributed by atoms with Crippen molar-refractivity contribution < 1.29 is 19.8 Å². The van der Waals surface area contributed by atoms with Gasteiger partial charge in [0.2, 0.25) is 5.78 Å². The molecule has 2 N–H and O–H groups in total. The number of ketones is 1. The van der Waals surface area contributed by atoms with E-state index < -0.39 is 23.9 Å². The van der Waals surface area contributed by atoms with E-state index in [1.165, 1.54) is 0 Å². The largest absolute Gasteiger partial charge is 0.511 e. The average Bonchev–Trinajstić information content (AvgIpc) is 1.87. The van der Waals surface area contributed by atoms with Gasteiger partial charge in [-0.3, -0.25) is 4.79 Å². The molecule has 0 aromatic carbocycles. The first kappa shape index (κ1) is 8.97. The highest BCUT2D eigenvalue weighted by atomic mass is 35.5. The molecular weight excluding hydrogens is 160 g/mol. The van der Waals surface area contributed by atoms with Gasteiger partial charge in [-0.05, 0) is 0 Å². The molecular formula is C5H5ClO4. The predicted octanol–water partition coefficient (Wildman–Crippen LogP) is 0.668. The first-order chi connectivity index (χ1) is 4.57. The van der Waals surface area contributed by atoms with Gasteiger partial charge in [-0.25, -0.2) is 4.79 Å². The van der Waals surface area contributed by atoms with Gasteiger partial charge in [0, 0.05) is 5.54 Å². The van der Waals surface area contributed by atoms with Gasteiger partial charge in [0.05, 0.1) is 6.42 Å². The van der Waals surface area contributed by atoms with Gasteiger partial charge in [0.25, 0.3) is 0 Å². The van der Waals surface area contributed by atoms with Crippen LogP contribution in [-0.2, 0) is 9.59 Å². The van der Waals surface area contributed by atoms with Crippen molar-refractivity contribution in [2.24, 2.45) is 0 Å². The number of carbonyl (C=O) groups excluding carboxylic acids is 1. The fraction of sp³-hybridized carbons (Fsp3) is 0.200. The van der Waals surface area contributed by atoms with Crippen LogP contribution in [0, 0.1) is 0 Å². The summed E-state index contributed by atoms with van der Waals surface area (Å²) in [5, 5.41) is 16.5. The fourth-order valence-corrected chi connectivity index (χ4v) is 0.356. The summed E-state index contributed by atoms with van der Waals surface area (Å²) in [7, 11) is 0. The molecule has 10 heavy (non-hydrogen) atoms. The molecule has 56 valence electrons. The molecule has 0 heterocycles. The normalized spacial score (nSPS) is 11.1. The molecule has 0 rings (SSSR count). The molecule has 0 bridgehead atoms. The number of aliphatic hydroxyl groups excluding tert-OH is 1. The van der Waals surface area contributed by atoms with Crippen molar-refractivity contribution in [3.05, 3.63) is 11.3 Å². The van der Waals surface area contributed by atoms with Crippen LogP contribution in [0.2, 0.25) is 0 Å². The first-order valence-corrected chi connectivity index (χ1v) is 2.76. The van der Waals surface area contributed by atoms with Gasteiger partial charge < -0.3 is 10.2 Å².